The molecule has 1 N–H and O–H groups in total. The van der Waals surface area contributed by atoms with Crippen molar-refractivity contribution in [3.05, 3.63) is 48.5 Å². The molecule has 1 amide bonds. The van der Waals surface area contributed by atoms with Gasteiger partial charge in [-0.15, -0.1) is 0 Å². The number of imidazole rings is 1. The Morgan fingerprint density at radius 1 is 0.978 bits per heavy atom. The first-order valence-corrected chi connectivity index (χ1v) is 15.2. The average Bonchev–Trinajstić information content (AvgIpc) is 3.59. The third-order valence-corrected chi connectivity index (χ3v) is 7.93. The van der Waals surface area contributed by atoms with Crippen LogP contribution in [0.25, 0.3) is 11.2 Å². The lowest BCUT2D eigenvalue weighted by Gasteiger charge is -2.26. The van der Waals surface area contributed by atoms with Crippen LogP contribution >= 0.6 is 0 Å². The van der Waals surface area contributed by atoms with E-state index in [0.717, 1.165) is 25.7 Å². The Balaban J connectivity index is 1.64. The van der Waals surface area contributed by atoms with Crippen molar-refractivity contribution in [2.45, 2.75) is 90.8 Å². The molecule has 0 saturated carbocycles. The van der Waals surface area contributed by atoms with E-state index in [9.17, 15) is 19.2 Å². The number of nitrogens with one attached hydrogen (secondary N) is 1. The summed E-state index contributed by atoms with van der Waals surface area (Å²) in [5, 5.41) is 2.78. The van der Waals surface area contributed by atoms with Crippen molar-refractivity contribution in [1.82, 2.24) is 19.5 Å². The molecule has 3 aromatic rings. The summed E-state index contributed by atoms with van der Waals surface area (Å²) < 4.78 is 24.5. The maximum Gasteiger partial charge on any atom is 0.308 e. The van der Waals surface area contributed by atoms with E-state index in [4.69, 9.17) is 18.9 Å². The van der Waals surface area contributed by atoms with E-state index in [1.54, 1.807) is 28.8 Å². The molecule has 6 atom stereocenters. The van der Waals surface area contributed by atoms with Gasteiger partial charge in [-0.1, -0.05) is 51.3 Å². The molecule has 45 heavy (non-hydrogen) atoms. The van der Waals surface area contributed by atoms with Gasteiger partial charge in [0.2, 0.25) is 0 Å². The molecule has 1 unspecified atom stereocenters. The minimum Gasteiger partial charge on any atom is -0.469 e. The lowest BCUT2D eigenvalue weighted by atomic mass is 9.87. The summed E-state index contributed by atoms with van der Waals surface area (Å²) in [4.78, 5) is 62.5. The highest BCUT2D eigenvalue weighted by molar-refractivity contribution is 6.06. The van der Waals surface area contributed by atoms with E-state index in [1.165, 1.54) is 33.6 Å². The number of aromatic nitrogens is 4. The molecule has 1 aliphatic rings. The molecule has 13 heteroatoms. The molecule has 0 aliphatic carbocycles. The van der Waals surface area contributed by atoms with Gasteiger partial charge in [0, 0.05) is 19.4 Å². The molecule has 242 valence electrons. The predicted molar refractivity (Wildman–Crippen MR) is 163 cm³/mol. The van der Waals surface area contributed by atoms with E-state index >= 15 is 0 Å². The molecule has 0 radical (unpaired) electrons. The van der Waals surface area contributed by atoms with Crippen molar-refractivity contribution in [3.8, 4) is 0 Å². The second kappa shape index (κ2) is 15.6. The quantitative estimate of drug-likeness (QED) is 0.197. The molecular formula is C32H41N5O8. The van der Waals surface area contributed by atoms with Gasteiger partial charge in [0.1, 0.15) is 12.4 Å². The number of unbranched alkanes of at least 4 members (excludes halogenated alkanes) is 1. The number of benzene rings is 1. The zero-order valence-corrected chi connectivity index (χ0v) is 26.3. The molecular weight excluding hydrogens is 582 g/mol. The average molecular weight is 624 g/mol. The van der Waals surface area contributed by atoms with Crippen LogP contribution in [0, 0.1) is 11.8 Å². The maximum atomic E-state index is 12.8. The molecule has 1 aliphatic heterocycles. The van der Waals surface area contributed by atoms with Crippen LogP contribution in [0.5, 0.6) is 0 Å². The third-order valence-electron chi connectivity index (χ3n) is 7.93. The van der Waals surface area contributed by atoms with E-state index in [-0.39, 0.29) is 29.5 Å². The van der Waals surface area contributed by atoms with Crippen molar-refractivity contribution in [2.24, 2.45) is 11.8 Å². The predicted octanol–water partition coefficient (Wildman–Crippen LogP) is 4.63. The lowest BCUT2D eigenvalue weighted by Crippen LogP contribution is -2.39. The lowest BCUT2D eigenvalue weighted by molar-refractivity contribution is -0.165. The van der Waals surface area contributed by atoms with Gasteiger partial charge in [0.15, 0.2) is 35.4 Å². The Morgan fingerprint density at radius 2 is 1.69 bits per heavy atom. The van der Waals surface area contributed by atoms with Crippen LogP contribution in [0.2, 0.25) is 0 Å². The Bertz CT molecular complexity index is 1480. The van der Waals surface area contributed by atoms with Crippen LogP contribution in [0.4, 0.5) is 5.82 Å². The standard InChI is InChI=1S/C32H41N5O8/c1-6-7-11-22(15-14-19(2)32(41)42-5)16-24-26(43-20(3)38)27(44-21(4)39)31(45-24)37-18-35-25-28(33-17-34-29(25)37)36-30(40)23-12-9-8-10-13-23/h8-10,12-13,17-19,22,24,26-27,31H,6-7,11,14-16H2,1-5H3,(H,33,34,36,40)/t19-,22-,24+,26-,27?,31+/m0/s1. The van der Waals surface area contributed by atoms with Crippen molar-refractivity contribution in [1.29, 1.82) is 0 Å². The first-order valence-electron chi connectivity index (χ1n) is 15.2. The number of amides is 1. The molecule has 1 aromatic carbocycles. The van der Waals surface area contributed by atoms with Gasteiger partial charge in [0.25, 0.3) is 5.91 Å². The molecule has 4 rings (SSSR count). The highest BCUT2D eigenvalue weighted by Crippen LogP contribution is 2.40. The van der Waals surface area contributed by atoms with Crippen molar-refractivity contribution in [3.63, 3.8) is 0 Å². The summed E-state index contributed by atoms with van der Waals surface area (Å²) in [7, 11) is 1.38. The van der Waals surface area contributed by atoms with Gasteiger partial charge in [-0.2, -0.15) is 0 Å². The van der Waals surface area contributed by atoms with Gasteiger partial charge >= 0.3 is 17.9 Å². The number of anilines is 1. The summed E-state index contributed by atoms with van der Waals surface area (Å²) in [5.41, 5.74) is 1.08. The molecule has 13 nitrogen and oxygen atoms in total. The Kier molecular flexibility index (Phi) is 11.6. The molecule has 0 spiro atoms. The SMILES string of the molecule is CCCC[C@@H](CC[C@H](C)C(=O)OC)C[C@H]1O[C@@H](n2cnc3c(NC(=O)c4ccccc4)ncnc32)C(OC(C)=O)[C@H]1OC(C)=O. The fourth-order valence-electron chi connectivity index (χ4n) is 5.68. The molecule has 1 saturated heterocycles. The molecule has 3 heterocycles. The zero-order chi connectivity index (χ0) is 32.5. The number of fused-ring (bicyclic) bond motifs is 1. The fourth-order valence-corrected chi connectivity index (χ4v) is 5.68. The second-order valence-electron chi connectivity index (χ2n) is 11.3. The summed E-state index contributed by atoms with van der Waals surface area (Å²) >= 11 is 0. The van der Waals surface area contributed by atoms with E-state index < -0.39 is 36.5 Å². The molecule has 0 bridgehead atoms. The number of esters is 3. The van der Waals surface area contributed by atoms with Crippen LogP contribution in [0.1, 0.15) is 82.8 Å². The smallest absolute Gasteiger partial charge is 0.308 e. The van der Waals surface area contributed by atoms with Gasteiger partial charge in [-0.05, 0) is 37.3 Å². The van der Waals surface area contributed by atoms with E-state index in [1.807, 2.05) is 13.0 Å². The van der Waals surface area contributed by atoms with Crippen LogP contribution in [0.3, 0.4) is 0 Å². The van der Waals surface area contributed by atoms with Crippen molar-refractivity contribution >= 4 is 40.8 Å². The van der Waals surface area contributed by atoms with E-state index in [2.05, 4.69) is 27.2 Å². The van der Waals surface area contributed by atoms with Crippen LogP contribution in [-0.2, 0) is 33.3 Å². The molecule has 2 aromatic heterocycles. The Hall–Kier alpha value is -4.39. The number of nitrogens with zero attached hydrogens (tertiary/aromatic N) is 4. The van der Waals surface area contributed by atoms with Gasteiger partial charge in [-0.3, -0.25) is 23.7 Å². The first kappa shape index (κ1) is 33.5. The Labute approximate surface area is 262 Å². The van der Waals surface area contributed by atoms with Crippen LogP contribution in [-0.4, -0.2) is 68.8 Å². The van der Waals surface area contributed by atoms with Crippen LogP contribution in [0.15, 0.2) is 43.0 Å². The van der Waals surface area contributed by atoms with Crippen molar-refractivity contribution in [2.75, 3.05) is 12.4 Å². The summed E-state index contributed by atoms with van der Waals surface area (Å²) in [5.74, 6) is -1.67. The number of methoxy groups -OCH3 is 1. The van der Waals surface area contributed by atoms with Crippen molar-refractivity contribution < 1.29 is 38.1 Å². The third kappa shape index (κ3) is 8.41. The van der Waals surface area contributed by atoms with Gasteiger partial charge in [-0.25, -0.2) is 15.0 Å². The highest BCUT2D eigenvalue weighted by Gasteiger charge is 2.51. The summed E-state index contributed by atoms with van der Waals surface area (Å²) in [6.07, 6.45) is 3.98. The highest BCUT2D eigenvalue weighted by atomic mass is 16.6. The largest absolute Gasteiger partial charge is 0.469 e. The van der Waals surface area contributed by atoms with Gasteiger partial charge < -0.3 is 24.3 Å². The normalized spacial score (nSPS) is 20.7. The fraction of sp³-hybridized carbons (Fsp3) is 0.531. The first-order chi connectivity index (χ1) is 21.6. The minimum atomic E-state index is -1.01. The molecule has 1 fully saturated rings. The topological polar surface area (TPSA) is 161 Å². The zero-order valence-electron chi connectivity index (χ0n) is 26.3. The number of carbonyl (C=O) groups excluding carboxylic acids is 4. The van der Waals surface area contributed by atoms with Crippen LogP contribution < -0.4 is 5.32 Å². The second-order valence-corrected chi connectivity index (χ2v) is 11.3. The Morgan fingerprint density at radius 3 is 2.36 bits per heavy atom. The number of carbonyl (C=O) groups is 4. The van der Waals surface area contributed by atoms with E-state index in [0.29, 0.717) is 29.6 Å². The van der Waals surface area contributed by atoms with Gasteiger partial charge in [0.05, 0.1) is 19.4 Å². The number of rotatable bonds is 14. The number of hydrogen-bond donors (Lipinski definition) is 1. The number of hydrogen-bond acceptors (Lipinski definition) is 11. The monoisotopic (exact) mass is 623 g/mol. The maximum absolute atomic E-state index is 12.8. The minimum absolute atomic E-state index is 0.138. The number of ether oxygens (including phenoxy) is 4. The summed E-state index contributed by atoms with van der Waals surface area (Å²) in [6, 6.07) is 8.69. The summed E-state index contributed by atoms with van der Waals surface area (Å²) in [6.45, 7) is 6.52.